The van der Waals surface area contributed by atoms with E-state index in [9.17, 15) is 4.79 Å². The lowest BCUT2D eigenvalue weighted by Gasteiger charge is -1.99. The van der Waals surface area contributed by atoms with Crippen molar-refractivity contribution in [3.63, 3.8) is 0 Å². The van der Waals surface area contributed by atoms with Gasteiger partial charge >= 0.3 is 5.97 Å². The number of rotatable bonds is 3. The standard InChI is InChI=1S/C10H11N3O2/c1-13-8-4-2-3-7(5-6-9(14)15)10(8)11-12-13/h2-4H,5-6H2,1H3,(H,14,15). The molecule has 0 fully saturated rings. The number of hydrogen-bond acceptors (Lipinski definition) is 3. The summed E-state index contributed by atoms with van der Waals surface area (Å²) in [6.07, 6.45) is 0.612. The zero-order chi connectivity index (χ0) is 10.8. The zero-order valence-corrected chi connectivity index (χ0v) is 8.34. The van der Waals surface area contributed by atoms with E-state index in [1.54, 1.807) is 4.68 Å². The molecule has 0 unspecified atom stereocenters. The van der Waals surface area contributed by atoms with Gasteiger partial charge in [0.2, 0.25) is 0 Å². The van der Waals surface area contributed by atoms with Crippen molar-refractivity contribution >= 4 is 17.0 Å². The molecule has 1 aromatic carbocycles. The predicted octanol–water partition coefficient (Wildman–Crippen LogP) is 0.985. The highest BCUT2D eigenvalue weighted by molar-refractivity contribution is 5.78. The number of aliphatic carboxylic acids is 1. The summed E-state index contributed by atoms with van der Waals surface area (Å²) in [6.45, 7) is 0. The summed E-state index contributed by atoms with van der Waals surface area (Å²) in [7, 11) is 1.82. The fourth-order valence-corrected chi connectivity index (χ4v) is 1.56. The van der Waals surface area contributed by atoms with E-state index in [1.165, 1.54) is 0 Å². The molecule has 2 aromatic rings. The van der Waals surface area contributed by atoms with Crippen molar-refractivity contribution in [3.05, 3.63) is 23.8 Å². The van der Waals surface area contributed by atoms with Gasteiger partial charge in [0.25, 0.3) is 0 Å². The Balaban J connectivity index is 2.38. The van der Waals surface area contributed by atoms with Gasteiger partial charge in [-0.3, -0.25) is 4.79 Å². The van der Waals surface area contributed by atoms with Crippen LogP contribution in [0.3, 0.4) is 0 Å². The third-order valence-corrected chi connectivity index (χ3v) is 2.33. The summed E-state index contributed by atoms with van der Waals surface area (Å²) < 4.78 is 1.68. The highest BCUT2D eigenvalue weighted by Gasteiger charge is 2.07. The molecule has 0 saturated carbocycles. The molecule has 78 valence electrons. The minimum Gasteiger partial charge on any atom is -0.481 e. The SMILES string of the molecule is Cn1nnc2c(CCC(=O)O)cccc21. The molecule has 0 aliphatic heterocycles. The lowest BCUT2D eigenvalue weighted by molar-refractivity contribution is -0.136. The molecule has 1 N–H and O–H groups in total. The highest BCUT2D eigenvalue weighted by Crippen LogP contribution is 2.16. The summed E-state index contributed by atoms with van der Waals surface area (Å²) in [5.41, 5.74) is 2.65. The number of carbonyl (C=O) groups is 1. The van der Waals surface area contributed by atoms with Crippen molar-refractivity contribution in [1.29, 1.82) is 0 Å². The van der Waals surface area contributed by atoms with Gasteiger partial charge in [-0.05, 0) is 18.1 Å². The number of carboxylic acids is 1. The molecule has 0 atom stereocenters. The first-order valence-electron chi connectivity index (χ1n) is 4.67. The molecule has 5 nitrogen and oxygen atoms in total. The van der Waals surface area contributed by atoms with E-state index in [4.69, 9.17) is 5.11 Å². The first-order chi connectivity index (χ1) is 7.18. The van der Waals surface area contributed by atoms with Crippen molar-refractivity contribution < 1.29 is 9.90 Å². The number of fused-ring (bicyclic) bond motifs is 1. The van der Waals surface area contributed by atoms with Crippen LogP contribution >= 0.6 is 0 Å². The third-order valence-electron chi connectivity index (χ3n) is 2.33. The molecular formula is C10H11N3O2. The number of aromatic nitrogens is 3. The van der Waals surface area contributed by atoms with Crippen LogP contribution in [0.1, 0.15) is 12.0 Å². The normalized spacial score (nSPS) is 10.7. The van der Waals surface area contributed by atoms with Gasteiger partial charge in [-0.1, -0.05) is 17.3 Å². The molecule has 0 amide bonds. The second-order valence-corrected chi connectivity index (χ2v) is 3.39. The predicted molar refractivity (Wildman–Crippen MR) is 54.5 cm³/mol. The van der Waals surface area contributed by atoms with Gasteiger partial charge in [0.1, 0.15) is 5.52 Å². The van der Waals surface area contributed by atoms with Crippen LogP contribution in [-0.4, -0.2) is 26.1 Å². The lowest BCUT2D eigenvalue weighted by atomic mass is 10.1. The molecule has 1 heterocycles. The number of hydrogen-bond donors (Lipinski definition) is 1. The summed E-state index contributed by atoms with van der Waals surface area (Å²) in [5.74, 6) is -0.795. The minimum absolute atomic E-state index is 0.121. The van der Waals surface area contributed by atoms with Gasteiger partial charge in [0.15, 0.2) is 0 Å². The van der Waals surface area contributed by atoms with Crippen LogP contribution in [0.15, 0.2) is 18.2 Å². The maximum atomic E-state index is 10.5. The minimum atomic E-state index is -0.795. The highest BCUT2D eigenvalue weighted by atomic mass is 16.4. The van der Waals surface area contributed by atoms with Gasteiger partial charge in [0, 0.05) is 13.5 Å². The van der Waals surface area contributed by atoms with Crippen LogP contribution in [0.5, 0.6) is 0 Å². The Hall–Kier alpha value is -1.91. The average Bonchev–Trinajstić information content (AvgIpc) is 2.58. The largest absolute Gasteiger partial charge is 0.481 e. The number of carboxylic acid groups (broad SMARTS) is 1. The molecule has 2 rings (SSSR count). The van der Waals surface area contributed by atoms with Crippen LogP contribution in [0.4, 0.5) is 0 Å². The second-order valence-electron chi connectivity index (χ2n) is 3.39. The van der Waals surface area contributed by atoms with Crippen molar-refractivity contribution in [2.75, 3.05) is 0 Å². The van der Waals surface area contributed by atoms with Crippen molar-refractivity contribution in [3.8, 4) is 0 Å². The van der Waals surface area contributed by atoms with Crippen LogP contribution in [0.2, 0.25) is 0 Å². The molecule has 1 aromatic heterocycles. The number of aryl methyl sites for hydroxylation is 2. The summed E-state index contributed by atoms with van der Waals surface area (Å²) in [6, 6.07) is 5.70. The lowest BCUT2D eigenvalue weighted by Crippen LogP contribution is -1.98. The average molecular weight is 205 g/mol. The van der Waals surface area contributed by atoms with E-state index in [-0.39, 0.29) is 6.42 Å². The Labute approximate surface area is 86.3 Å². The van der Waals surface area contributed by atoms with Gasteiger partial charge < -0.3 is 5.11 Å². The fourth-order valence-electron chi connectivity index (χ4n) is 1.56. The Morgan fingerprint density at radius 2 is 2.33 bits per heavy atom. The topological polar surface area (TPSA) is 68.0 Å². The second kappa shape index (κ2) is 3.68. The van der Waals surface area contributed by atoms with Crippen LogP contribution in [0.25, 0.3) is 11.0 Å². The molecule has 0 saturated heterocycles. The van der Waals surface area contributed by atoms with E-state index in [0.29, 0.717) is 6.42 Å². The monoisotopic (exact) mass is 205 g/mol. The maximum absolute atomic E-state index is 10.5. The summed E-state index contributed by atoms with van der Waals surface area (Å²) >= 11 is 0. The van der Waals surface area contributed by atoms with Gasteiger partial charge in [0.05, 0.1) is 5.52 Å². The Bertz CT molecular complexity index is 504. The van der Waals surface area contributed by atoms with Crippen molar-refractivity contribution in [2.24, 2.45) is 7.05 Å². The van der Waals surface area contributed by atoms with Crippen LogP contribution in [-0.2, 0) is 18.3 Å². The number of nitrogens with zero attached hydrogens (tertiary/aromatic N) is 3. The van der Waals surface area contributed by atoms with E-state index in [2.05, 4.69) is 10.3 Å². The maximum Gasteiger partial charge on any atom is 0.303 e. The van der Waals surface area contributed by atoms with Gasteiger partial charge in [-0.15, -0.1) is 5.10 Å². The van der Waals surface area contributed by atoms with Crippen molar-refractivity contribution in [1.82, 2.24) is 15.0 Å². The van der Waals surface area contributed by atoms with E-state index < -0.39 is 5.97 Å². The number of benzene rings is 1. The van der Waals surface area contributed by atoms with Gasteiger partial charge in [-0.25, -0.2) is 4.68 Å². The molecule has 0 aliphatic carbocycles. The molecule has 0 radical (unpaired) electrons. The van der Waals surface area contributed by atoms with Gasteiger partial charge in [-0.2, -0.15) is 0 Å². The molecule has 0 spiro atoms. The third kappa shape index (κ3) is 1.81. The van der Waals surface area contributed by atoms with Crippen LogP contribution in [0, 0.1) is 0 Å². The van der Waals surface area contributed by atoms with Crippen molar-refractivity contribution in [2.45, 2.75) is 12.8 Å². The molecular weight excluding hydrogens is 194 g/mol. The smallest absolute Gasteiger partial charge is 0.303 e. The zero-order valence-electron chi connectivity index (χ0n) is 8.34. The van der Waals surface area contributed by atoms with E-state index >= 15 is 0 Å². The fraction of sp³-hybridized carbons (Fsp3) is 0.300. The van der Waals surface area contributed by atoms with Crippen LogP contribution < -0.4 is 0 Å². The summed E-state index contributed by atoms with van der Waals surface area (Å²) in [5, 5.41) is 16.5. The Morgan fingerprint density at radius 3 is 3.07 bits per heavy atom. The molecule has 0 aliphatic rings. The first-order valence-corrected chi connectivity index (χ1v) is 4.67. The molecule has 5 heteroatoms. The molecule has 15 heavy (non-hydrogen) atoms. The quantitative estimate of drug-likeness (QED) is 0.811. The Kier molecular flexibility index (Phi) is 2.37. The first kappa shape index (κ1) is 9.64. The summed E-state index contributed by atoms with van der Waals surface area (Å²) in [4.78, 5) is 10.5. The Morgan fingerprint density at radius 1 is 1.53 bits per heavy atom. The van der Waals surface area contributed by atoms with E-state index in [0.717, 1.165) is 16.6 Å². The van der Waals surface area contributed by atoms with E-state index in [1.807, 2.05) is 25.2 Å². The molecule has 0 bridgehead atoms.